The SMILES string of the molecule is CCCCCCCCCCCCCCCCOc1cc(N(O)S(=O)(=O)c2cc(N=Nc3c(C#N)[nH]n(-c4ccccc4)c3=O)ccc2OCCOC)ccc1C. The molecule has 0 saturated carbocycles. The lowest BCUT2D eigenvalue weighted by Crippen LogP contribution is -2.28. The second-order valence-corrected chi connectivity index (χ2v) is 15.5. The van der Waals surface area contributed by atoms with Gasteiger partial charge < -0.3 is 14.2 Å². The van der Waals surface area contributed by atoms with Crippen LogP contribution in [0, 0.1) is 18.3 Å². The predicted molar refractivity (Wildman–Crippen MR) is 218 cm³/mol. The average Bonchev–Trinajstić information content (AvgIpc) is 3.54. The monoisotopic (exact) mass is 788 g/mol. The fourth-order valence-electron chi connectivity index (χ4n) is 6.15. The molecule has 1 heterocycles. The zero-order chi connectivity index (χ0) is 40.2. The van der Waals surface area contributed by atoms with Crippen LogP contribution >= 0.6 is 0 Å². The number of methoxy groups -OCH3 is 1. The molecule has 4 aromatic rings. The smallest absolute Gasteiger partial charge is 0.300 e. The lowest BCUT2D eigenvalue weighted by molar-refractivity contribution is 0.144. The number of benzene rings is 3. The number of azo groups is 1. The van der Waals surface area contributed by atoms with Crippen LogP contribution in [0.4, 0.5) is 17.1 Å². The first-order valence-corrected chi connectivity index (χ1v) is 21.1. The van der Waals surface area contributed by atoms with Crippen molar-refractivity contribution in [1.29, 1.82) is 5.26 Å². The van der Waals surface area contributed by atoms with Gasteiger partial charge in [-0.05, 0) is 55.3 Å². The highest BCUT2D eigenvalue weighted by atomic mass is 32.2. The van der Waals surface area contributed by atoms with Crippen molar-refractivity contribution in [3.8, 4) is 23.3 Å². The van der Waals surface area contributed by atoms with Gasteiger partial charge in [0.1, 0.15) is 29.1 Å². The predicted octanol–water partition coefficient (Wildman–Crippen LogP) is 10.2. The third kappa shape index (κ3) is 12.8. The Morgan fingerprint density at radius 1 is 0.786 bits per heavy atom. The maximum absolute atomic E-state index is 14.0. The quantitative estimate of drug-likeness (QED) is 0.0359. The minimum atomic E-state index is -4.66. The number of anilines is 1. The van der Waals surface area contributed by atoms with Crippen LogP contribution in [0.15, 0.2) is 86.6 Å². The first-order chi connectivity index (χ1) is 27.2. The molecule has 1 aromatic heterocycles. The molecule has 56 heavy (non-hydrogen) atoms. The largest absolute Gasteiger partial charge is 0.493 e. The Balaban J connectivity index is 1.39. The number of hydrogen-bond donors (Lipinski definition) is 2. The molecule has 302 valence electrons. The van der Waals surface area contributed by atoms with Crippen LogP contribution in [0.25, 0.3) is 5.69 Å². The summed E-state index contributed by atoms with van der Waals surface area (Å²) in [6.07, 6.45) is 17.6. The molecule has 0 saturated heterocycles. The second-order valence-electron chi connectivity index (χ2n) is 13.7. The highest BCUT2D eigenvalue weighted by Crippen LogP contribution is 2.35. The molecule has 0 fully saturated rings. The summed E-state index contributed by atoms with van der Waals surface area (Å²) in [7, 11) is -3.17. The number of unbranched alkanes of at least 4 members (excludes halogenated alkanes) is 13. The molecule has 13 nitrogen and oxygen atoms in total. The van der Waals surface area contributed by atoms with Gasteiger partial charge in [0.15, 0.2) is 11.4 Å². The fraction of sp³-hybridized carbons (Fsp3) is 0.476. The van der Waals surface area contributed by atoms with Crippen LogP contribution in [-0.4, -0.2) is 50.3 Å². The van der Waals surface area contributed by atoms with Gasteiger partial charge in [0.2, 0.25) is 0 Å². The van der Waals surface area contributed by atoms with Crippen LogP contribution in [0.2, 0.25) is 0 Å². The van der Waals surface area contributed by atoms with Gasteiger partial charge in [-0.25, -0.2) is 4.68 Å². The number of hydrogen-bond acceptors (Lipinski definition) is 10. The number of para-hydroxylation sites is 1. The molecule has 0 amide bonds. The number of H-pyrrole nitrogens is 1. The maximum atomic E-state index is 14.0. The van der Waals surface area contributed by atoms with Gasteiger partial charge in [-0.15, -0.1) is 9.58 Å². The van der Waals surface area contributed by atoms with E-state index in [2.05, 4.69) is 22.3 Å². The van der Waals surface area contributed by atoms with E-state index in [0.717, 1.165) is 24.8 Å². The van der Waals surface area contributed by atoms with Crippen LogP contribution in [-0.2, 0) is 14.8 Å². The number of aryl methyl sites for hydroxylation is 1. The van der Waals surface area contributed by atoms with Gasteiger partial charge in [-0.3, -0.25) is 15.1 Å². The topological polar surface area (TPSA) is 172 Å². The van der Waals surface area contributed by atoms with E-state index in [-0.39, 0.29) is 46.2 Å². The summed E-state index contributed by atoms with van der Waals surface area (Å²) >= 11 is 0. The van der Waals surface area contributed by atoms with Crippen LogP contribution < -0.4 is 19.5 Å². The van der Waals surface area contributed by atoms with Crippen molar-refractivity contribution >= 4 is 27.1 Å². The molecule has 3 aromatic carbocycles. The summed E-state index contributed by atoms with van der Waals surface area (Å²) in [6.45, 7) is 4.78. The van der Waals surface area contributed by atoms with E-state index in [1.807, 2.05) is 13.0 Å². The lowest BCUT2D eigenvalue weighted by Gasteiger charge is -2.20. The first-order valence-electron chi connectivity index (χ1n) is 19.7. The molecular formula is C42H56N6O7S. The summed E-state index contributed by atoms with van der Waals surface area (Å²) in [4.78, 5) is 12.7. The van der Waals surface area contributed by atoms with E-state index >= 15 is 0 Å². The molecule has 0 radical (unpaired) electrons. The first kappa shape index (κ1) is 43.8. The normalized spacial score (nSPS) is 11.6. The summed E-state index contributed by atoms with van der Waals surface area (Å²) < 4.78 is 46.1. The Kier molecular flexibility index (Phi) is 18.1. The minimum absolute atomic E-state index is 0.0212. The van der Waals surface area contributed by atoms with E-state index in [0.29, 0.717) is 18.0 Å². The molecule has 0 bridgehead atoms. The summed E-state index contributed by atoms with van der Waals surface area (Å²) in [6, 6.07) is 19.2. The van der Waals surface area contributed by atoms with E-state index < -0.39 is 20.5 Å². The zero-order valence-corrected chi connectivity index (χ0v) is 33.7. The number of nitrogens with one attached hydrogen (secondary N) is 1. The number of rotatable bonds is 26. The van der Waals surface area contributed by atoms with Gasteiger partial charge in [0.25, 0.3) is 15.6 Å². The average molecular weight is 789 g/mol. The Labute approximate surface area is 330 Å². The van der Waals surface area contributed by atoms with Crippen molar-refractivity contribution in [2.24, 2.45) is 10.2 Å². The lowest BCUT2D eigenvalue weighted by atomic mass is 10.0. The zero-order valence-electron chi connectivity index (χ0n) is 32.9. The van der Waals surface area contributed by atoms with Crippen LogP contribution in [0.5, 0.6) is 11.5 Å². The highest BCUT2D eigenvalue weighted by Gasteiger charge is 2.29. The molecule has 0 unspecified atom stereocenters. The van der Waals surface area contributed by atoms with E-state index in [1.165, 1.54) is 113 Å². The minimum Gasteiger partial charge on any atom is -0.493 e. The highest BCUT2D eigenvalue weighted by molar-refractivity contribution is 7.92. The van der Waals surface area contributed by atoms with E-state index in [9.17, 15) is 23.7 Å². The maximum Gasteiger partial charge on any atom is 0.300 e. The third-order valence-electron chi connectivity index (χ3n) is 9.38. The van der Waals surface area contributed by atoms with Crippen LogP contribution in [0.1, 0.15) is 108 Å². The van der Waals surface area contributed by atoms with Crippen molar-refractivity contribution in [2.75, 3.05) is 31.4 Å². The summed E-state index contributed by atoms with van der Waals surface area (Å²) in [5.41, 5.74) is 0.269. The Bertz CT molecular complexity index is 2040. The number of sulfonamides is 1. The molecule has 0 aliphatic heterocycles. The molecule has 2 N–H and O–H groups in total. The Morgan fingerprint density at radius 2 is 1.41 bits per heavy atom. The third-order valence-corrected chi connectivity index (χ3v) is 10.9. The van der Waals surface area contributed by atoms with Crippen molar-refractivity contribution in [3.05, 3.63) is 88.3 Å². The molecule has 0 aliphatic carbocycles. The van der Waals surface area contributed by atoms with Crippen molar-refractivity contribution in [1.82, 2.24) is 9.78 Å². The molecule has 0 spiro atoms. The van der Waals surface area contributed by atoms with Gasteiger partial charge in [-0.2, -0.15) is 18.8 Å². The number of aromatic nitrogens is 2. The van der Waals surface area contributed by atoms with Gasteiger partial charge in [-0.1, -0.05) is 115 Å². The Morgan fingerprint density at radius 3 is 2.04 bits per heavy atom. The van der Waals surface area contributed by atoms with E-state index in [1.54, 1.807) is 36.4 Å². The number of nitriles is 1. The standard InChI is InChI=1S/C42H56N6O7S/c1-4-5-6-7-8-9-10-11-12-13-14-15-16-20-27-54-39-31-36(25-23-33(39)2)48(50)56(51,52)40-30-34(24-26-38(40)55-29-28-53-3)44-45-41-37(32-43)46-47(42(41)49)35-21-18-17-19-22-35/h17-19,21-26,30-31,46,50H,4-16,20,27-29H2,1-3H3. The molecule has 0 atom stereocenters. The van der Waals surface area contributed by atoms with Gasteiger partial charge >= 0.3 is 0 Å². The number of nitrogens with zero attached hydrogens (tertiary/aromatic N) is 5. The van der Waals surface area contributed by atoms with Crippen molar-refractivity contribution in [3.63, 3.8) is 0 Å². The Hall–Kier alpha value is -4.97. The van der Waals surface area contributed by atoms with Gasteiger partial charge in [0, 0.05) is 13.2 Å². The number of ether oxygens (including phenoxy) is 3. The summed E-state index contributed by atoms with van der Waals surface area (Å²) in [5, 5.41) is 31.7. The molecule has 0 aliphatic rings. The summed E-state index contributed by atoms with van der Waals surface area (Å²) in [5.74, 6) is 0.402. The second kappa shape index (κ2) is 23.2. The van der Waals surface area contributed by atoms with Crippen molar-refractivity contribution in [2.45, 2.75) is 109 Å². The number of aromatic amines is 1. The molecule has 14 heteroatoms. The van der Waals surface area contributed by atoms with Gasteiger partial charge in [0.05, 0.1) is 30.3 Å². The molecular weight excluding hydrogens is 733 g/mol. The molecule has 4 rings (SSSR count). The van der Waals surface area contributed by atoms with Crippen LogP contribution in [0.3, 0.4) is 0 Å². The van der Waals surface area contributed by atoms with E-state index in [4.69, 9.17) is 14.2 Å². The fourth-order valence-corrected chi connectivity index (χ4v) is 7.38. The van der Waals surface area contributed by atoms with Crippen molar-refractivity contribution < 1.29 is 27.8 Å².